The molecule has 0 aromatic heterocycles. The van der Waals surface area contributed by atoms with Gasteiger partial charge in [-0.1, -0.05) is 13.5 Å². The Kier molecular flexibility index (Phi) is 4.82. The molecule has 2 heterocycles. The number of nitrogens with one attached hydrogen (secondary N) is 1. The van der Waals surface area contributed by atoms with E-state index in [9.17, 15) is 4.79 Å². The lowest BCUT2D eigenvalue weighted by Gasteiger charge is -2.39. The van der Waals surface area contributed by atoms with Gasteiger partial charge in [0.15, 0.2) is 0 Å². The highest BCUT2D eigenvalue weighted by Crippen LogP contribution is 2.28. The van der Waals surface area contributed by atoms with Gasteiger partial charge in [-0.2, -0.15) is 0 Å². The third kappa shape index (κ3) is 3.28. The molecule has 0 spiro atoms. The van der Waals surface area contributed by atoms with Crippen LogP contribution in [-0.2, 0) is 14.3 Å². The zero-order chi connectivity index (χ0) is 13.8. The van der Waals surface area contributed by atoms with E-state index in [-0.39, 0.29) is 18.1 Å². The Morgan fingerprint density at radius 2 is 2.26 bits per heavy atom. The first-order valence-corrected chi connectivity index (χ1v) is 7.15. The van der Waals surface area contributed by atoms with Crippen LogP contribution in [0.1, 0.15) is 33.1 Å². The van der Waals surface area contributed by atoms with E-state index in [1.54, 1.807) is 0 Å². The number of ether oxygens (including phenoxy) is 2. The fourth-order valence-electron chi connectivity index (χ4n) is 2.64. The van der Waals surface area contributed by atoms with Gasteiger partial charge in [0.25, 0.3) is 0 Å². The monoisotopic (exact) mass is 268 g/mol. The summed E-state index contributed by atoms with van der Waals surface area (Å²) in [5.41, 5.74) is 0. The highest BCUT2D eigenvalue weighted by Gasteiger charge is 2.36. The number of nitrogens with zero attached hydrogens (tertiary/aromatic N) is 1. The summed E-state index contributed by atoms with van der Waals surface area (Å²) < 4.78 is 11.4. The molecule has 108 valence electrons. The highest BCUT2D eigenvalue weighted by molar-refractivity contribution is 5.81. The molecule has 2 rings (SSSR count). The largest absolute Gasteiger partial charge is 0.381 e. The second kappa shape index (κ2) is 6.39. The minimum Gasteiger partial charge on any atom is -0.381 e. The first kappa shape index (κ1) is 14.3. The summed E-state index contributed by atoms with van der Waals surface area (Å²) in [5.74, 6) is 0.508. The molecule has 2 saturated heterocycles. The van der Waals surface area contributed by atoms with E-state index < -0.39 is 0 Å². The van der Waals surface area contributed by atoms with Crippen molar-refractivity contribution in [2.45, 2.75) is 45.4 Å². The standard InChI is InChI=1S/C14H24N2O3/c1-4-12-6-7-13(19-12)16-8-11(9-18-5-2)14(17)15-10(16)3/h11-13H,3-9H2,1-2H3,(H,15,17). The summed E-state index contributed by atoms with van der Waals surface area (Å²) in [7, 11) is 0. The van der Waals surface area contributed by atoms with Crippen LogP contribution >= 0.6 is 0 Å². The lowest BCUT2D eigenvalue weighted by atomic mass is 10.1. The summed E-state index contributed by atoms with van der Waals surface area (Å²) in [5, 5.41) is 2.83. The van der Waals surface area contributed by atoms with E-state index in [0.717, 1.165) is 19.3 Å². The van der Waals surface area contributed by atoms with Gasteiger partial charge in [0.05, 0.1) is 18.6 Å². The molecule has 19 heavy (non-hydrogen) atoms. The quantitative estimate of drug-likeness (QED) is 0.820. The number of rotatable bonds is 5. The fraction of sp³-hybridized carbons (Fsp3) is 0.786. The summed E-state index contributed by atoms with van der Waals surface area (Å²) >= 11 is 0. The second-order valence-corrected chi connectivity index (χ2v) is 5.14. The topological polar surface area (TPSA) is 50.8 Å². The van der Waals surface area contributed by atoms with Gasteiger partial charge in [-0.25, -0.2) is 0 Å². The number of amides is 1. The summed E-state index contributed by atoms with van der Waals surface area (Å²) in [6.07, 6.45) is 3.48. The zero-order valence-electron chi connectivity index (χ0n) is 11.9. The Balaban J connectivity index is 1.96. The molecule has 0 radical (unpaired) electrons. The van der Waals surface area contributed by atoms with Crippen molar-refractivity contribution < 1.29 is 14.3 Å². The van der Waals surface area contributed by atoms with E-state index in [4.69, 9.17) is 9.47 Å². The van der Waals surface area contributed by atoms with E-state index in [2.05, 4.69) is 23.7 Å². The Morgan fingerprint density at radius 1 is 1.47 bits per heavy atom. The highest BCUT2D eigenvalue weighted by atomic mass is 16.5. The second-order valence-electron chi connectivity index (χ2n) is 5.14. The van der Waals surface area contributed by atoms with Crippen molar-refractivity contribution in [3.63, 3.8) is 0 Å². The number of hydrogen-bond donors (Lipinski definition) is 1. The predicted octanol–water partition coefficient (Wildman–Crippen LogP) is 1.46. The van der Waals surface area contributed by atoms with Crippen molar-refractivity contribution in [2.75, 3.05) is 19.8 Å². The normalized spacial score (nSPS) is 31.7. The van der Waals surface area contributed by atoms with Gasteiger partial charge in [0, 0.05) is 13.2 Å². The predicted molar refractivity (Wildman–Crippen MR) is 72.2 cm³/mol. The van der Waals surface area contributed by atoms with Gasteiger partial charge < -0.3 is 19.7 Å². The van der Waals surface area contributed by atoms with Crippen molar-refractivity contribution in [3.05, 3.63) is 12.4 Å². The minimum atomic E-state index is -0.144. The molecule has 0 aromatic carbocycles. The van der Waals surface area contributed by atoms with E-state index in [1.165, 1.54) is 0 Å². The van der Waals surface area contributed by atoms with Crippen LogP contribution in [0.25, 0.3) is 0 Å². The molecule has 0 bridgehead atoms. The van der Waals surface area contributed by atoms with Crippen LogP contribution in [0.4, 0.5) is 0 Å². The molecule has 1 amide bonds. The van der Waals surface area contributed by atoms with Gasteiger partial charge >= 0.3 is 0 Å². The lowest BCUT2D eigenvalue weighted by molar-refractivity contribution is -0.133. The molecule has 0 aliphatic carbocycles. The molecule has 1 N–H and O–H groups in total. The zero-order valence-corrected chi connectivity index (χ0v) is 11.9. The molecular weight excluding hydrogens is 244 g/mol. The van der Waals surface area contributed by atoms with Crippen LogP contribution in [0.15, 0.2) is 12.4 Å². The average molecular weight is 268 g/mol. The molecular formula is C14H24N2O3. The molecule has 5 nitrogen and oxygen atoms in total. The molecule has 2 aliphatic rings. The summed E-state index contributed by atoms with van der Waals surface area (Å²) in [6, 6.07) is 0. The molecule has 3 unspecified atom stereocenters. The first-order valence-electron chi connectivity index (χ1n) is 7.15. The molecule has 2 fully saturated rings. The van der Waals surface area contributed by atoms with Crippen molar-refractivity contribution in [3.8, 4) is 0 Å². The maximum absolute atomic E-state index is 11.9. The Hall–Kier alpha value is -1.07. The van der Waals surface area contributed by atoms with Crippen LogP contribution < -0.4 is 5.32 Å². The Morgan fingerprint density at radius 3 is 2.89 bits per heavy atom. The van der Waals surface area contributed by atoms with Gasteiger partial charge in [-0.3, -0.25) is 4.79 Å². The first-order chi connectivity index (χ1) is 9.15. The Labute approximate surface area is 114 Å². The maximum Gasteiger partial charge on any atom is 0.232 e. The van der Waals surface area contributed by atoms with Crippen molar-refractivity contribution in [1.82, 2.24) is 10.2 Å². The van der Waals surface area contributed by atoms with E-state index in [0.29, 0.717) is 31.7 Å². The third-order valence-electron chi connectivity index (χ3n) is 3.81. The molecule has 0 aromatic rings. The third-order valence-corrected chi connectivity index (χ3v) is 3.81. The van der Waals surface area contributed by atoms with Crippen LogP contribution in [-0.4, -0.2) is 42.9 Å². The number of carbonyl (C=O) groups excluding carboxylic acids is 1. The van der Waals surface area contributed by atoms with Gasteiger partial charge in [0.2, 0.25) is 5.91 Å². The maximum atomic E-state index is 11.9. The number of hydrogen-bond acceptors (Lipinski definition) is 4. The van der Waals surface area contributed by atoms with Crippen LogP contribution in [0, 0.1) is 5.92 Å². The summed E-state index contributed by atoms with van der Waals surface area (Å²) in [6.45, 7) is 9.71. The molecule has 5 heteroatoms. The molecule has 2 aliphatic heterocycles. The van der Waals surface area contributed by atoms with Crippen molar-refractivity contribution in [2.24, 2.45) is 5.92 Å². The van der Waals surface area contributed by atoms with Crippen LogP contribution in [0.3, 0.4) is 0 Å². The van der Waals surface area contributed by atoms with Gasteiger partial charge in [-0.05, 0) is 26.2 Å². The van der Waals surface area contributed by atoms with E-state index >= 15 is 0 Å². The Bertz CT molecular complexity index is 346. The average Bonchev–Trinajstić information content (AvgIpc) is 2.86. The summed E-state index contributed by atoms with van der Waals surface area (Å²) in [4.78, 5) is 13.9. The smallest absolute Gasteiger partial charge is 0.232 e. The molecule has 0 saturated carbocycles. The van der Waals surface area contributed by atoms with Crippen LogP contribution in [0.5, 0.6) is 0 Å². The minimum absolute atomic E-state index is 0.000242. The van der Waals surface area contributed by atoms with Gasteiger partial charge in [-0.15, -0.1) is 0 Å². The van der Waals surface area contributed by atoms with E-state index in [1.807, 2.05) is 6.92 Å². The van der Waals surface area contributed by atoms with Crippen molar-refractivity contribution >= 4 is 5.91 Å². The lowest BCUT2D eigenvalue weighted by Crippen LogP contribution is -2.53. The number of carbonyl (C=O) groups is 1. The molecule has 3 atom stereocenters. The van der Waals surface area contributed by atoms with Gasteiger partial charge in [0.1, 0.15) is 12.0 Å². The SMILES string of the molecule is C=C1NC(=O)C(COCC)CN1C1CCC(CC)O1. The van der Waals surface area contributed by atoms with Crippen molar-refractivity contribution in [1.29, 1.82) is 0 Å². The fourth-order valence-corrected chi connectivity index (χ4v) is 2.64. The van der Waals surface area contributed by atoms with Crippen LogP contribution in [0.2, 0.25) is 0 Å².